The third-order valence-corrected chi connectivity index (χ3v) is 5.04. The number of esters is 1. The van der Waals surface area contributed by atoms with E-state index < -0.39 is 4.92 Å². The Balaban J connectivity index is 1.56. The third kappa shape index (κ3) is 6.57. The van der Waals surface area contributed by atoms with E-state index in [1.807, 2.05) is 30.3 Å². The van der Waals surface area contributed by atoms with Crippen molar-refractivity contribution >= 4 is 11.7 Å². The van der Waals surface area contributed by atoms with E-state index in [4.69, 9.17) is 9.47 Å². The number of carbonyl (C=O) groups excluding carboxylic acids is 1. The number of likely N-dealkylation sites (tertiary alicyclic amines) is 1. The van der Waals surface area contributed by atoms with Gasteiger partial charge in [0.15, 0.2) is 0 Å². The summed E-state index contributed by atoms with van der Waals surface area (Å²) >= 11 is 0. The fourth-order valence-electron chi connectivity index (χ4n) is 3.42. The van der Waals surface area contributed by atoms with Gasteiger partial charge in [0, 0.05) is 12.1 Å². The van der Waals surface area contributed by atoms with Crippen molar-refractivity contribution in [3.8, 4) is 5.75 Å². The highest BCUT2D eigenvalue weighted by Gasteiger charge is 2.25. The molecule has 0 saturated carbocycles. The number of piperidine rings is 1. The van der Waals surface area contributed by atoms with Gasteiger partial charge in [-0.1, -0.05) is 36.8 Å². The van der Waals surface area contributed by atoms with E-state index in [2.05, 4.69) is 4.90 Å². The first kappa shape index (κ1) is 20.8. The molecule has 1 heterocycles. The van der Waals surface area contributed by atoms with Gasteiger partial charge in [0.25, 0.3) is 5.69 Å². The quantitative estimate of drug-likeness (QED) is 0.361. The Morgan fingerprint density at radius 1 is 1.03 bits per heavy atom. The minimum atomic E-state index is -0.441. The molecule has 154 valence electrons. The number of benzene rings is 2. The van der Waals surface area contributed by atoms with Crippen LogP contribution in [0, 0.1) is 10.1 Å². The van der Waals surface area contributed by atoms with E-state index in [1.165, 1.54) is 18.6 Å². The van der Waals surface area contributed by atoms with E-state index in [9.17, 15) is 14.9 Å². The topological polar surface area (TPSA) is 81.9 Å². The lowest BCUT2D eigenvalue weighted by atomic mass is 10.1. The average Bonchev–Trinajstić information content (AvgIpc) is 2.77. The Kier molecular flexibility index (Phi) is 7.58. The molecule has 2 aromatic rings. The zero-order chi connectivity index (χ0) is 20.5. The average molecular weight is 398 g/mol. The van der Waals surface area contributed by atoms with Crippen LogP contribution in [0.15, 0.2) is 54.6 Å². The maximum absolute atomic E-state index is 12.4. The van der Waals surface area contributed by atoms with Crippen molar-refractivity contribution in [1.82, 2.24) is 4.90 Å². The van der Waals surface area contributed by atoms with Crippen LogP contribution in [-0.4, -0.2) is 41.5 Å². The molecule has 1 aliphatic rings. The van der Waals surface area contributed by atoms with Gasteiger partial charge in [0.05, 0.1) is 17.4 Å². The highest BCUT2D eigenvalue weighted by Crippen LogP contribution is 2.20. The van der Waals surface area contributed by atoms with Crippen LogP contribution in [0.4, 0.5) is 5.69 Å². The van der Waals surface area contributed by atoms with Crippen LogP contribution in [0.5, 0.6) is 5.75 Å². The maximum Gasteiger partial charge on any atom is 0.307 e. The minimum absolute atomic E-state index is 0.0226. The highest BCUT2D eigenvalue weighted by atomic mass is 16.6. The molecule has 0 spiro atoms. The lowest BCUT2D eigenvalue weighted by molar-refractivity contribution is -0.384. The zero-order valence-corrected chi connectivity index (χ0v) is 16.4. The maximum atomic E-state index is 12.4. The number of non-ortho nitro benzene ring substituents is 1. The minimum Gasteiger partial charge on any atom is -0.492 e. The van der Waals surface area contributed by atoms with Gasteiger partial charge in [-0.25, -0.2) is 0 Å². The Labute approximate surface area is 170 Å². The molecule has 1 unspecified atom stereocenters. The predicted molar refractivity (Wildman–Crippen MR) is 109 cm³/mol. The van der Waals surface area contributed by atoms with E-state index >= 15 is 0 Å². The largest absolute Gasteiger partial charge is 0.492 e. The molecule has 3 rings (SSSR count). The summed E-state index contributed by atoms with van der Waals surface area (Å²) in [7, 11) is 0. The molecule has 1 fully saturated rings. The summed E-state index contributed by atoms with van der Waals surface area (Å²) in [6.07, 6.45) is 3.66. The summed E-state index contributed by atoms with van der Waals surface area (Å²) < 4.78 is 11.3. The van der Waals surface area contributed by atoms with Crippen LogP contribution in [-0.2, 0) is 16.1 Å². The SMILES string of the molecule is O=C(CC(COc1ccc([N+](=O)[O-])cc1)N1CCCCC1)OCc1ccccc1. The second-order valence-corrected chi connectivity index (χ2v) is 7.16. The highest BCUT2D eigenvalue weighted by molar-refractivity contribution is 5.70. The fraction of sp³-hybridized carbons (Fsp3) is 0.409. The van der Waals surface area contributed by atoms with Crippen LogP contribution in [0.25, 0.3) is 0 Å². The van der Waals surface area contributed by atoms with Crippen LogP contribution in [0.3, 0.4) is 0 Å². The Hall–Kier alpha value is -2.93. The van der Waals surface area contributed by atoms with Gasteiger partial charge >= 0.3 is 5.97 Å². The van der Waals surface area contributed by atoms with E-state index in [1.54, 1.807) is 12.1 Å². The molecular weight excluding hydrogens is 372 g/mol. The second kappa shape index (κ2) is 10.6. The summed E-state index contributed by atoms with van der Waals surface area (Å²) in [6, 6.07) is 15.5. The fourth-order valence-corrected chi connectivity index (χ4v) is 3.42. The molecule has 0 amide bonds. The lowest BCUT2D eigenvalue weighted by Gasteiger charge is -2.33. The first-order chi connectivity index (χ1) is 14.1. The molecule has 1 saturated heterocycles. The molecule has 0 aliphatic carbocycles. The molecule has 7 nitrogen and oxygen atoms in total. The van der Waals surface area contributed by atoms with Gasteiger partial charge in [-0.15, -0.1) is 0 Å². The summed E-state index contributed by atoms with van der Waals surface area (Å²) in [6.45, 7) is 2.45. The molecule has 1 aliphatic heterocycles. The van der Waals surface area contributed by atoms with Gasteiger partial charge in [-0.05, 0) is 43.6 Å². The summed E-state index contributed by atoms with van der Waals surface area (Å²) in [4.78, 5) is 25.0. The van der Waals surface area contributed by atoms with Crippen molar-refractivity contribution in [2.45, 2.75) is 38.3 Å². The third-order valence-electron chi connectivity index (χ3n) is 5.04. The summed E-state index contributed by atoms with van der Waals surface area (Å²) in [5, 5.41) is 10.8. The summed E-state index contributed by atoms with van der Waals surface area (Å²) in [5.41, 5.74) is 0.979. The molecule has 1 atom stereocenters. The smallest absolute Gasteiger partial charge is 0.307 e. The number of nitro benzene ring substituents is 1. The van der Waals surface area contributed by atoms with Gasteiger partial charge in [-0.2, -0.15) is 0 Å². The number of hydrogen-bond acceptors (Lipinski definition) is 6. The predicted octanol–water partition coefficient (Wildman–Crippen LogP) is 3.96. The van der Waals surface area contributed by atoms with Crippen molar-refractivity contribution in [2.75, 3.05) is 19.7 Å². The van der Waals surface area contributed by atoms with Crippen LogP contribution in [0.1, 0.15) is 31.2 Å². The van der Waals surface area contributed by atoms with Crippen LogP contribution >= 0.6 is 0 Å². The van der Waals surface area contributed by atoms with Gasteiger partial charge in [-0.3, -0.25) is 19.8 Å². The molecule has 29 heavy (non-hydrogen) atoms. The number of nitrogens with zero attached hydrogens (tertiary/aromatic N) is 2. The molecule has 0 N–H and O–H groups in total. The van der Waals surface area contributed by atoms with E-state index in [0.29, 0.717) is 12.4 Å². The van der Waals surface area contributed by atoms with E-state index in [0.717, 1.165) is 31.5 Å². The van der Waals surface area contributed by atoms with Crippen LogP contribution < -0.4 is 4.74 Å². The normalized spacial score (nSPS) is 15.4. The first-order valence-electron chi connectivity index (χ1n) is 9.92. The summed E-state index contributed by atoms with van der Waals surface area (Å²) in [5.74, 6) is 0.298. The molecular formula is C22H26N2O5. The molecule has 0 aromatic heterocycles. The van der Waals surface area contributed by atoms with Crippen molar-refractivity contribution in [3.05, 3.63) is 70.3 Å². The molecule has 2 aromatic carbocycles. The number of hydrogen-bond donors (Lipinski definition) is 0. The Morgan fingerprint density at radius 2 is 1.72 bits per heavy atom. The monoisotopic (exact) mass is 398 g/mol. The molecule has 0 radical (unpaired) electrons. The van der Waals surface area contributed by atoms with Crippen LogP contribution in [0.2, 0.25) is 0 Å². The number of carbonyl (C=O) groups is 1. The van der Waals surface area contributed by atoms with Gasteiger partial charge in [0.1, 0.15) is 19.0 Å². The van der Waals surface area contributed by atoms with Crippen molar-refractivity contribution in [2.24, 2.45) is 0 Å². The van der Waals surface area contributed by atoms with Crippen molar-refractivity contribution in [1.29, 1.82) is 0 Å². The van der Waals surface area contributed by atoms with Gasteiger partial charge < -0.3 is 9.47 Å². The standard InChI is InChI=1S/C22H26N2O5/c25-22(29-16-18-7-3-1-4-8-18)15-20(23-13-5-2-6-14-23)17-28-21-11-9-19(10-12-21)24(26)27/h1,3-4,7-12,20H,2,5-6,13-17H2. The molecule has 7 heteroatoms. The number of nitro groups is 1. The zero-order valence-electron chi connectivity index (χ0n) is 16.4. The lowest BCUT2D eigenvalue weighted by Crippen LogP contribution is -2.44. The van der Waals surface area contributed by atoms with Crippen molar-refractivity contribution < 1.29 is 19.2 Å². The Bertz CT molecular complexity index is 789. The number of rotatable bonds is 9. The van der Waals surface area contributed by atoms with Gasteiger partial charge in [0.2, 0.25) is 0 Å². The Morgan fingerprint density at radius 3 is 2.38 bits per heavy atom. The molecule has 0 bridgehead atoms. The van der Waals surface area contributed by atoms with Crippen molar-refractivity contribution in [3.63, 3.8) is 0 Å². The number of ether oxygens (including phenoxy) is 2. The first-order valence-corrected chi connectivity index (χ1v) is 9.92. The van der Waals surface area contributed by atoms with E-state index in [-0.39, 0.29) is 30.7 Å². The second-order valence-electron chi connectivity index (χ2n) is 7.16.